The largest absolute Gasteiger partial charge is 1.00 e. The Labute approximate surface area is 187 Å². The van der Waals surface area contributed by atoms with Crippen molar-refractivity contribution in [1.29, 1.82) is 0 Å². The summed E-state index contributed by atoms with van der Waals surface area (Å²) in [5.74, 6) is 0. The minimum atomic E-state index is 0. The predicted molar refractivity (Wildman–Crippen MR) is 99.1 cm³/mol. The first-order valence-electron chi connectivity index (χ1n) is 10.4. The Bertz CT molecular complexity index is 267. The van der Waals surface area contributed by atoms with Gasteiger partial charge in [0.15, 0.2) is 0 Å². The molecule has 0 aliphatic carbocycles. The molecule has 1 aliphatic rings. The van der Waals surface area contributed by atoms with E-state index in [0.717, 1.165) is 0 Å². The summed E-state index contributed by atoms with van der Waals surface area (Å²) in [7, 11) is 0. The smallest absolute Gasteiger partial charge is 0.0786 e. The molecular formula is C20H44I2N2. The summed E-state index contributed by atoms with van der Waals surface area (Å²) in [5.41, 5.74) is 0. The lowest BCUT2D eigenvalue weighted by Gasteiger charge is -2.41. The fraction of sp³-hybridized carbons (Fsp3) is 1.00. The van der Waals surface area contributed by atoms with E-state index in [4.69, 9.17) is 0 Å². The van der Waals surface area contributed by atoms with Crippen LogP contribution >= 0.6 is 0 Å². The third kappa shape index (κ3) is 9.36. The quantitative estimate of drug-likeness (QED) is 0.159. The Balaban J connectivity index is 0. The molecule has 4 heteroatoms. The standard InChI is InChI=1S/C20H44N2.2HI/c1-5-21(6-2,7-3)17-13-10-9-11-14-18-22(8-4)19-15-12-16-20-22;;/h5-20H2,1-4H3;2*1H/q+2;;/p-2. The number of nitrogens with zero attached hydrogens (tertiary/aromatic N) is 2. The molecule has 1 saturated heterocycles. The molecule has 0 saturated carbocycles. The minimum Gasteiger partial charge on any atom is -1.00 e. The highest BCUT2D eigenvalue weighted by molar-refractivity contribution is 4.54. The molecule has 0 atom stereocenters. The molecule has 1 fully saturated rings. The van der Waals surface area contributed by atoms with Crippen LogP contribution in [-0.2, 0) is 0 Å². The normalized spacial score (nSPS) is 17.0. The number of piperidine rings is 1. The van der Waals surface area contributed by atoms with E-state index in [-0.39, 0.29) is 48.0 Å². The van der Waals surface area contributed by atoms with Gasteiger partial charge in [0, 0.05) is 0 Å². The van der Waals surface area contributed by atoms with Gasteiger partial charge in [0.25, 0.3) is 0 Å². The van der Waals surface area contributed by atoms with Gasteiger partial charge in [0.05, 0.1) is 52.4 Å². The van der Waals surface area contributed by atoms with E-state index in [2.05, 4.69) is 27.7 Å². The first kappa shape index (κ1) is 27.6. The van der Waals surface area contributed by atoms with Crippen molar-refractivity contribution in [2.24, 2.45) is 0 Å². The van der Waals surface area contributed by atoms with Gasteiger partial charge in [-0.2, -0.15) is 0 Å². The van der Waals surface area contributed by atoms with Crippen LogP contribution in [0.3, 0.4) is 0 Å². The summed E-state index contributed by atoms with van der Waals surface area (Å²) < 4.78 is 2.76. The van der Waals surface area contributed by atoms with Crippen LogP contribution in [0, 0.1) is 0 Å². The Morgan fingerprint density at radius 3 is 1.67 bits per heavy atom. The molecule has 0 amide bonds. The highest BCUT2D eigenvalue weighted by Crippen LogP contribution is 2.20. The lowest BCUT2D eigenvalue weighted by molar-refractivity contribution is -0.931. The molecule has 0 aromatic rings. The van der Waals surface area contributed by atoms with Crippen LogP contribution in [0.5, 0.6) is 0 Å². The molecule has 0 unspecified atom stereocenters. The molecule has 148 valence electrons. The number of unbranched alkanes of at least 4 members (excludes halogenated alkanes) is 4. The molecule has 1 heterocycles. The molecule has 0 radical (unpaired) electrons. The predicted octanol–water partition coefficient (Wildman–Crippen LogP) is -1.16. The third-order valence-electron chi connectivity index (χ3n) is 6.71. The number of halogens is 2. The molecule has 0 aromatic carbocycles. The second-order valence-electron chi connectivity index (χ2n) is 7.67. The molecule has 1 rings (SSSR count). The molecule has 0 N–H and O–H groups in total. The van der Waals surface area contributed by atoms with Gasteiger partial charge in [-0.1, -0.05) is 6.42 Å². The molecule has 1 aliphatic heterocycles. The van der Waals surface area contributed by atoms with Crippen molar-refractivity contribution in [1.82, 2.24) is 0 Å². The van der Waals surface area contributed by atoms with E-state index in [1.807, 2.05) is 0 Å². The first-order valence-corrected chi connectivity index (χ1v) is 10.4. The second-order valence-corrected chi connectivity index (χ2v) is 7.67. The molecular weight excluding hydrogens is 522 g/mol. The van der Waals surface area contributed by atoms with E-state index < -0.39 is 0 Å². The van der Waals surface area contributed by atoms with Crippen LogP contribution in [0.25, 0.3) is 0 Å². The third-order valence-corrected chi connectivity index (χ3v) is 6.71. The second kappa shape index (κ2) is 15.4. The number of likely N-dealkylation sites (tertiary alicyclic amines) is 1. The summed E-state index contributed by atoms with van der Waals surface area (Å²) in [6.45, 7) is 20.6. The zero-order chi connectivity index (χ0) is 16.3. The average molecular weight is 566 g/mol. The van der Waals surface area contributed by atoms with Crippen molar-refractivity contribution >= 4 is 0 Å². The summed E-state index contributed by atoms with van der Waals surface area (Å²) in [6.07, 6.45) is 11.7. The molecule has 24 heavy (non-hydrogen) atoms. The van der Waals surface area contributed by atoms with Crippen LogP contribution in [-0.4, -0.2) is 61.3 Å². The van der Waals surface area contributed by atoms with Gasteiger partial charge in [-0.3, -0.25) is 0 Å². The molecule has 2 nitrogen and oxygen atoms in total. The van der Waals surface area contributed by atoms with Crippen molar-refractivity contribution in [3.8, 4) is 0 Å². The number of hydrogen-bond donors (Lipinski definition) is 0. The molecule has 0 aromatic heterocycles. The van der Waals surface area contributed by atoms with Crippen LogP contribution in [0.1, 0.15) is 79.1 Å². The van der Waals surface area contributed by atoms with E-state index in [0.29, 0.717) is 0 Å². The monoisotopic (exact) mass is 566 g/mol. The zero-order valence-corrected chi connectivity index (χ0v) is 21.3. The van der Waals surface area contributed by atoms with Crippen molar-refractivity contribution in [2.45, 2.75) is 79.1 Å². The van der Waals surface area contributed by atoms with Gasteiger partial charge in [0.2, 0.25) is 0 Å². The number of hydrogen-bond acceptors (Lipinski definition) is 0. The van der Waals surface area contributed by atoms with E-state index in [1.54, 1.807) is 0 Å². The van der Waals surface area contributed by atoms with Crippen molar-refractivity contribution in [2.75, 3.05) is 52.4 Å². The Morgan fingerprint density at radius 2 is 1.17 bits per heavy atom. The average Bonchev–Trinajstić information content (AvgIpc) is 2.59. The van der Waals surface area contributed by atoms with Crippen LogP contribution in [0.4, 0.5) is 0 Å². The van der Waals surface area contributed by atoms with Gasteiger partial charge in [-0.15, -0.1) is 0 Å². The van der Waals surface area contributed by atoms with E-state index in [9.17, 15) is 0 Å². The lowest BCUT2D eigenvalue weighted by Crippen LogP contribution is -3.00. The van der Waals surface area contributed by atoms with E-state index in [1.165, 1.54) is 113 Å². The van der Waals surface area contributed by atoms with Gasteiger partial charge >= 0.3 is 0 Å². The van der Waals surface area contributed by atoms with Gasteiger partial charge in [-0.05, 0) is 72.6 Å². The Hall–Kier alpha value is 1.38. The summed E-state index contributed by atoms with van der Waals surface area (Å²) in [6, 6.07) is 0. The van der Waals surface area contributed by atoms with Crippen molar-refractivity contribution < 1.29 is 56.9 Å². The van der Waals surface area contributed by atoms with Crippen molar-refractivity contribution in [3.05, 3.63) is 0 Å². The summed E-state index contributed by atoms with van der Waals surface area (Å²) in [5, 5.41) is 0. The maximum absolute atomic E-state index is 2.41. The highest BCUT2D eigenvalue weighted by Gasteiger charge is 2.27. The van der Waals surface area contributed by atoms with Crippen LogP contribution in [0.15, 0.2) is 0 Å². The number of quaternary nitrogens is 2. The van der Waals surface area contributed by atoms with Crippen LogP contribution in [0.2, 0.25) is 0 Å². The zero-order valence-electron chi connectivity index (χ0n) is 17.0. The van der Waals surface area contributed by atoms with Crippen molar-refractivity contribution in [3.63, 3.8) is 0 Å². The Morgan fingerprint density at radius 1 is 0.667 bits per heavy atom. The van der Waals surface area contributed by atoms with Gasteiger partial charge in [0.1, 0.15) is 0 Å². The SMILES string of the molecule is CC[N+](CC)(CC)CCCCCCC[N+]1(CC)CCCCC1.[I-].[I-]. The molecule has 0 spiro atoms. The van der Waals surface area contributed by atoms with E-state index >= 15 is 0 Å². The first-order chi connectivity index (χ1) is 10.7. The minimum absolute atomic E-state index is 0. The molecule has 0 bridgehead atoms. The van der Waals surface area contributed by atoms with Gasteiger partial charge < -0.3 is 56.9 Å². The van der Waals surface area contributed by atoms with Crippen LogP contribution < -0.4 is 48.0 Å². The lowest BCUT2D eigenvalue weighted by atomic mass is 10.1. The Kier molecular flexibility index (Phi) is 17.8. The highest BCUT2D eigenvalue weighted by atomic mass is 127. The fourth-order valence-corrected chi connectivity index (χ4v) is 4.45. The maximum Gasteiger partial charge on any atom is 0.0786 e. The summed E-state index contributed by atoms with van der Waals surface area (Å²) in [4.78, 5) is 0. The topological polar surface area (TPSA) is 0 Å². The summed E-state index contributed by atoms with van der Waals surface area (Å²) >= 11 is 0. The number of rotatable bonds is 12. The fourth-order valence-electron chi connectivity index (χ4n) is 4.45. The maximum atomic E-state index is 2.41. The van der Waals surface area contributed by atoms with Gasteiger partial charge in [-0.25, -0.2) is 0 Å².